The molecule has 44 heavy (non-hydrogen) atoms. The molecule has 7 unspecified atom stereocenters. The minimum Gasteiger partial charge on any atom is -0.394 e. The van der Waals surface area contributed by atoms with Crippen LogP contribution in [0.3, 0.4) is 0 Å². The third-order valence-electron chi connectivity index (χ3n) is 7.58. The van der Waals surface area contributed by atoms with Crippen LogP contribution in [0.25, 0.3) is 22.3 Å². The Morgan fingerprint density at radius 2 is 1.61 bits per heavy atom. The zero-order valence-corrected chi connectivity index (χ0v) is 22.7. The van der Waals surface area contributed by atoms with Crippen molar-refractivity contribution in [2.75, 3.05) is 18.1 Å². The lowest BCUT2D eigenvalue weighted by molar-refractivity contribution is -0.0645. The number of H-pyrrole nitrogens is 2. The topological polar surface area (TPSA) is 298 Å². The number of aliphatic hydroxyl groups is 3. The van der Waals surface area contributed by atoms with E-state index < -0.39 is 54.1 Å². The Balaban J connectivity index is 1.00. The van der Waals surface area contributed by atoms with Gasteiger partial charge in [0, 0.05) is 6.42 Å². The number of rotatable bonds is 8. The summed E-state index contributed by atoms with van der Waals surface area (Å²) in [4.78, 5) is 45.3. The highest BCUT2D eigenvalue weighted by molar-refractivity contribution is 5.71. The highest BCUT2D eigenvalue weighted by Gasteiger charge is 2.45. The van der Waals surface area contributed by atoms with Gasteiger partial charge in [-0.05, 0) is 0 Å². The van der Waals surface area contributed by atoms with Crippen LogP contribution in [-0.4, -0.2) is 106 Å². The van der Waals surface area contributed by atoms with Gasteiger partial charge in [0.25, 0.3) is 11.1 Å². The van der Waals surface area contributed by atoms with Gasteiger partial charge in [-0.15, -0.1) is 5.10 Å². The molecule has 0 amide bonds. The molecule has 5 aromatic rings. The predicted octanol–water partition coefficient (Wildman–Crippen LogP) is -3.51. The van der Waals surface area contributed by atoms with Crippen LogP contribution in [0.2, 0.25) is 0 Å². The largest absolute Gasteiger partial charge is 0.394 e. The van der Waals surface area contributed by atoms with E-state index in [1.54, 1.807) is 10.8 Å². The summed E-state index contributed by atoms with van der Waals surface area (Å²) in [5.41, 5.74) is 11.2. The van der Waals surface area contributed by atoms with Gasteiger partial charge in [0.15, 0.2) is 28.6 Å². The molecule has 0 aliphatic carbocycles. The first-order valence-electron chi connectivity index (χ1n) is 13.4. The van der Waals surface area contributed by atoms with Gasteiger partial charge in [-0.1, -0.05) is 5.21 Å². The van der Waals surface area contributed by atoms with E-state index in [0.29, 0.717) is 12.1 Å². The molecule has 21 heteroatoms. The summed E-state index contributed by atoms with van der Waals surface area (Å²) in [6.45, 7) is -0.268. The van der Waals surface area contributed by atoms with Crippen LogP contribution in [0.5, 0.6) is 0 Å². The first-order chi connectivity index (χ1) is 21.2. The summed E-state index contributed by atoms with van der Waals surface area (Å²) in [6, 6.07) is 0. The SMILES string of the molecule is Nc1nc2c(ncn2C2CC(OCc3cn(CC4OC(n5cnc6c(=O)[nH]c(N)nc65)C(O)C4O)nn3)C(CO)O2)c(=O)[nH]1. The lowest BCUT2D eigenvalue weighted by atomic mass is 10.1. The van der Waals surface area contributed by atoms with Crippen LogP contribution in [0.4, 0.5) is 11.9 Å². The summed E-state index contributed by atoms with van der Waals surface area (Å²) in [5, 5.41) is 39.5. The summed E-state index contributed by atoms with van der Waals surface area (Å²) < 4.78 is 22.2. The van der Waals surface area contributed by atoms with Gasteiger partial charge >= 0.3 is 0 Å². The number of aromatic amines is 2. The Morgan fingerprint density at radius 1 is 0.955 bits per heavy atom. The molecule has 7 rings (SSSR count). The van der Waals surface area contributed by atoms with E-state index >= 15 is 0 Å². The second-order valence-electron chi connectivity index (χ2n) is 10.4. The number of hydrogen-bond acceptors (Lipinski definition) is 16. The Labute approximate surface area is 244 Å². The second-order valence-corrected chi connectivity index (χ2v) is 10.4. The molecule has 232 valence electrons. The van der Waals surface area contributed by atoms with Crippen LogP contribution < -0.4 is 22.6 Å². The van der Waals surface area contributed by atoms with Gasteiger partial charge in [0.05, 0.1) is 44.7 Å². The molecule has 7 atom stereocenters. The van der Waals surface area contributed by atoms with Gasteiger partial charge in [-0.3, -0.25) is 28.7 Å². The lowest BCUT2D eigenvalue weighted by Crippen LogP contribution is -2.33. The molecular weight excluding hydrogens is 586 g/mol. The highest BCUT2D eigenvalue weighted by atomic mass is 16.6. The fraction of sp³-hybridized carbons (Fsp3) is 0.478. The maximum atomic E-state index is 12.1. The van der Waals surface area contributed by atoms with Crippen LogP contribution in [0.1, 0.15) is 24.6 Å². The molecule has 2 fully saturated rings. The van der Waals surface area contributed by atoms with Crippen LogP contribution in [0, 0.1) is 0 Å². The fourth-order valence-electron chi connectivity index (χ4n) is 5.47. The van der Waals surface area contributed by atoms with Gasteiger partial charge in [0.1, 0.15) is 36.3 Å². The molecule has 0 radical (unpaired) electrons. The van der Waals surface area contributed by atoms with Crippen molar-refractivity contribution in [1.29, 1.82) is 0 Å². The zero-order chi connectivity index (χ0) is 30.7. The van der Waals surface area contributed by atoms with Crippen molar-refractivity contribution in [3.05, 3.63) is 45.3 Å². The minimum atomic E-state index is -1.37. The summed E-state index contributed by atoms with van der Waals surface area (Å²) in [7, 11) is 0. The van der Waals surface area contributed by atoms with E-state index in [9.17, 15) is 24.9 Å². The van der Waals surface area contributed by atoms with Crippen molar-refractivity contribution in [3.8, 4) is 0 Å². The minimum absolute atomic E-state index is 0.00580. The number of nitrogen functional groups attached to an aromatic ring is 2. The average molecular weight is 614 g/mol. The molecule has 5 aromatic heterocycles. The first kappa shape index (κ1) is 28.0. The van der Waals surface area contributed by atoms with E-state index in [1.165, 1.54) is 21.9 Å². The fourth-order valence-corrected chi connectivity index (χ4v) is 5.47. The number of imidazole rings is 2. The number of aromatic nitrogens is 11. The van der Waals surface area contributed by atoms with E-state index in [2.05, 4.69) is 40.2 Å². The average Bonchev–Trinajstić information content (AvgIpc) is 3.81. The van der Waals surface area contributed by atoms with Crippen LogP contribution >= 0.6 is 0 Å². The van der Waals surface area contributed by atoms with Crippen LogP contribution in [-0.2, 0) is 27.4 Å². The van der Waals surface area contributed by atoms with E-state index in [0.717, 1.165) is 0 Å². The van der Waals surface area contributed by atoms with Gasteiger partial charge < -0.3 is 41.0 Å². The number of nitrogens with two attached hydrogens (primary N) is 2. The second kappa shape index (κ2) is 10.7. The Kier molecular flexibility index (Phi) is 6.83. The van der Waals surface area contributed by atoms with E-state index in [4.69, 9.17) is 25.7 Å². The van der Waals surface area contributed by atoms with Crippen molar-refractivity contribution < 1.29 is 29.5 Å². The molecular formula is C23H27N13O8. The van der Waals surface area contributed by atoms with Crippen molar-refractivity contribution in [1.82, 2.24) is 54.0 Å². The van der Waals surface area contributed by atoms with Crippen LogP contribution in [0.15, 0.2) is 28.4 Å². The van der Waals surface area contributed by atoms with Gasteiger partial charge in [0.2, 0.25) is 11.9 Å². The Morgan fingerprint density at radius 3 is 2.30 bits per heavy atom. The third kappa shape index (κ3) is 4.76. The van der Waals surface area contributed by atoms with Crippen molar-refractivity contribution >= 4 is 34.2 Å². The number of hydrogen-bond donors (Lipinski definition) is 7. The zero-order valence-electron chi connectivity index (χ0n) is 22.7. The van der Waals surface area contributed by atoms with Gasteiger partial charge in [-0.2, -0.15) is 9.97 Å². The Hall–Kier alpha value is -4.80. The lowest BCUT2D eigenvalue weighted by Gasteiger charge is -2.16. The summed E-state index contributed by atoms with van der Waals surface area (Å²) in [6.07, 6.45) is -1.90. The van der Waals surface area contributed by atoms with Crippen molar-refractivity contribution in [2.45, 2.75) is 62.5 Å². The van der Waals surface area contributed by atoms with Crippen molar-refractivity contribution in [3.63, 3.8) is 0 Å². The molecule has 0 spiro atoms. The number of nitrogens with zero attached hydrogens (tertiary/aromatic N) is 9. The number of ether oxygens (including phenoxy) is 3. The molecule has 21 nitrogen and oxygen atoms in total. The third-order valence-corrected chi connectivity index (χ3v) is 7.58. The normalized spacial score (nSPS) is 27.2. The number of anilines is 2. The molecule has 2 saturated heterocycles. The molecule has 7 heterocycles. The smallest absolute Gasteiger partial charge is 0.280 e. The first-order valence-corrected chi connectivity index (χ1v) is 13.4. The maximum Gasteiger partial charge on any atom is 0.280 e. The quantitative estimate of drug-likeness (QED) is 0.0892. The maximum absolute atomic E-state index is 12.1. The van der Waals surface area contributed by atoms with E-state index in [1.807, 2.05) is 0 Å². The number of nitrogens with one attached hydrogen (secondary N) is 2. The molecule has 2 aliphatic rings. The predicted molar refractivity (Wildman–Crippen MR) is 145 cm³/mol. The molecule has 0 saturated carbocycles. The standard InChI is InChI=1S/C23H27N13O8/c24-22-28-17-13(19(40)30-22)26-6-35(17)12-1-9(11(4-37)43-12)42-5-8-2-34(33-32-8)3-10-15(38)16(39)21(44-10)36-7-27-14-18(36)29-23(25)31-20(14)41/h2,6-7,9-12,15-16,21,37-39H,1,3-5H2,(H3,24,28,30,40)(H3,25,29,31,41). The highest BCUT2D eigenvalue weighted by Crippen LogP contribution is 2.33. The number of aliphatic hydroxyl groups excluding tert-OH is 3. The summed E-state index contributed by atoms with van der Waals surface area (Å²) in [5.74, 6) is -0.198. The number of fused-ring (bicyclic) bond motifs is 2. The molecule has 2 aliphatic heterocycles. The monoisotopic (exact) mass is 613 g/mol. The molecule has 9 N–H and O–H groups in total. The van der Waals surface area contributed by atoms with Gasteiger partial charge in [-0.25, -0.2) is 14.6 Å². The molecule has 0 bridgehead atoms. The molecule has 0 aromatic carbocycles. The van der Waals surface area contributed by atoms with E-state index in [-0.39, 0.29) is 54.0 Å². The summed E-state index contributed by atoms with van der Waals surface area (Å²) >= 11 is 0. The van der Waals surface area contributed by atoms with Crippen molar-refractivity contribution in [2.24, 2.45) is 0 Å². The Bertz CT molecular complexity index is 1950.